The van der Waals surface area contributed by atoms with E-state index in [1.165, 1.54) is 0 Å². The van der Waals surface area contributed by atoms with E-state index in [0.717, 1.165) is 62.3 Å². The minimum absolute atomic E-state index is 0.655. The zero-order chi connectivity index (χ0) is 21.5. The van der Waals surface area contributed by atoms with Crippen molar-refractivity contribution < 1.29 is 4.79 Å². The van der Waals surface area contributed by atoms with Crippen LogP contribution in [0.15, 0.2) is 66.7 Å². The minimum Gasteiger partial charge on any atom is -0.355 e. The highest BCUT2D eigenvalue weighted by molar-refractivity contribution is 5.88. The number of carbonyl (C=O) groups is 1. The molecule has 6 rings (SSSR count). The Balaban J connectivity index is 1.64. The Morgan fingerprint density at radius 1 is 0.594 bits per heavy atom. The zero-order valence-corrected chi connectivity index (χ0v) is 17.0. The highest BCUT2D eigenvalue weighted by atomic mass is 16.1. The number of H-pyrrole nitrogens is 2. The van der Waals surface area contributed by atoms with Crippen LogP contribution >= 0.6 is 0 Å². The summed E-state index contributed by atoms with van der Waals surface area (Å²) in [5.41, 5.74) is 10.1. The van der Waals surface area contributed by atoms with Crippen LogP contribution in [-0.4, -0.2) is 26.2 Å². The van der Waals surface area contributed by atoms with E-state index in [1.807, 2.05) is 85.0 Å². The molecule has 5 heteroatoms. The van der Waals surface area contributed by atoms with Gasteiger partial charge in [-0.25, -0.2) is 9.97 Å². The summed E-state index contributed by atoms with van der Waals surface area (Å²) in [5, 5.41) is 0. The second kappa shape index (κ2) is 7.32. The average Bonchev–Trinajstić information content (AvgIpc) is 3.59. The molecular weight excluding hydrogens is 396 g/mol. The molecule has 0 radical (unpaired) electrons. The quantitative estimate of drug-likeness (QED) is 0.335. The number of hydrogen-bond acceptors (Lipinski definition) is 3. The lowest BCUT2D eigenvalue weighted by atomic mass is 10.1. The number of aromatic amines is 2. The predicted molar refractivity (Wildman–Crippen MR) is 130 cm³/mol. The maximum absolute atomic E-state index is 11.1. The topological polar surface area (TPSA) is 74.4 Å². The molecule has 4 aromatic rings. The fourth-order valence-corrected chi connectivity index (χ4v) is 4.00. The van der Waals surface area contributed by atoms with Crippen LogP contribution in [-0.2, 0) is 0 Å². The Labute approximate surface area is 183 Å². The van der Waals surface area contributed by atoms with Crippen LogP contribution in [0.2, 0.25) is 0 Å². The molecule has 3 aromatic heterocycles. The van der Waals surface area contributed by atoms with E-state index in [-0.39, 0.29) is 0 Å². The van der Waals surface area contributed by atoms with Gasteiger partial charge in [0, 0.05) is 33.2 Å². The normalized spacial score (nSPS) is 12.2. The Bertz CT molecular complexity index is 1580. The van der Waals surface area contributed by atoms with Crippen LogP contribution in [0.25, 0.3) is 57.5 Å². The van der Waals surface area contributed by atoms with Gasteiger partial charge >= 0.3 is 0 Å². The van der Waals surface area contributed by atoms with Crippen molar-refractivity contribution in [2.45, 2.75) is 0 Å². The third-order valence-corrected chi connectivity index (χ3v) is 5.53. The molecule has 5 nitrogen and oxygen atoms in total. The Hall–Kier alpha value is -4.51. The number of nitrogens with zero attached hydrogens (tertiary/aromatic N) is 2. The van der Waals surface area contributed by atoms with E-state index in [4.69, 9.17) is 9.97 Å². The molecule has 152 valence electrons. The molecule has 8 bridgehead atoms. The molecule has 1 aromatic carbocycles. The van der Waals surface area contributed by atoms with Crippen LogP contribution in [0.5, 0.6) is 0 Å². The van der Waals surface area contributed by atoms with Gasteiger partial charge in [0.1, 0.15) is 6.29 Å². The van der Waals surface area contributed by atoms with E-state index < -0.39 is 0 Å². The number of rotatable bonds is 2. The van der Waals surface area contributed by atoms with Crippen LogP contribution in [0.3, 0.4) is 0 Å². The van der Waals surface area contributed by atoms with Gasteiger partial charge in [-0.2, -0.15) is 0 Å². The molecule has 0 saturated heterocycles. The van der Waals surface area contributed by atoms with Crippen molar-refractivity contribution in [3.05, 3.63) is 95.1 Å². The van der Waals surface area contributed by atoms with Gasteiger partial charge in [-0.3, -0.25) is 4.79 Å². The monoisotopic (exact) mass is 414 g/mol. The molecule has 32 heavy (non-hydrogen) atoms. The summed E-state index contributed by atoms with van der Waals surface area (Å²) in [6.45, 7) is 0. The van der Waals surface area contributed by atoms with E-state index >= 15 is 0 Å². The van der Waals surface area contributed by atoms with E-state index in [0.29, 0.717) is 5.56 Å². The second-order valence-electron chi connectivity index (χ2n) is 7.83. The summed E-state index contributed by atoms with van der Waals surface area (Å²) < 4.78 is 0. The van der Waals surface area contributed by atoms with E-state index in [9.17, 15) is 4.79 Å². The Morgan fingerprint density at radius 3 is 1.75 bits per heavy atom. The molecule has 2 aliphatic rings. The molecule has 0 atom stereocenters. The molecule has 2 aliphatic heterocycles. The fourth-order valence-electron chi connectivity index (χ4n) is 4.00. The summed E-state index contributed by atoms with van der Waals surface area (Å²) in [5.74, 6) is 0. The summed E-state index contributed by atoms with van der Waals surface area (Å²) >= 11 is 0. The van der Waals surface area contributed by atoms with E-state index in [1.54, 1.807) is 0 Å². The lowest BCUT2D eigenvalue weighted by Gasteiger charge is -1.99. The summed E-state index contributed by atoms with van der Waals surface area (Å²) in [7, 11) is 0. The highest BCUT2D eigenvalue weighted by Crippen LogP contribution is 2.28. The average molecular weight is 414 g/mol. The van der Waals surface area contributed by atoms with Crippen LogP contribution in [0.1, 0.15) is 33.1 Å². The molecule has 0 spiro atoms. The van der Waals surface area contributed by atoms with Crippen molar-refractivity contribution in [1.29, 1.82) is 0 Å². The maximum atomic E-state index is 11.1. The number of hydrogen-bond donors (Lipinski definition) is 2. The summed E-state index contributed by atoms with van der Waals surface area (Å²) in [6.07, 6.45) is 8.89. The SMILES string of the molecule is O=Cc1ccc(-c2cc3cc4nc(cc5ccc(cc6nc(cc2[nH]3)C=C6)[nH]5)C=C4)cc1. The molecule has 0 unspecified atom stereocenters. The summed E-state index contributed by atoms with van der Waals surface area (Å²) in [6, 6.07) is 21.9. The number of benzene rings is 1. The maximum Gasteiger partial charge on any atom is 0.150 e. The minimum atomic E-state index is 0.655. The van der Waals surface area contributed by atoms with Gasteiger partial charge in [-0.05, 0) is 72.3 Å². The third kappa shape index (κ3) is 3.46. The molecule has 0 saturated carbocycles. The van der Waals surface area contributed by atoms with Crippen LogP contribution in [0, 0.1) is 0 Å². The molecule has 2 N–H and O–H groups in total. The zero-order valence-electron chi connectivity index (χ0n) is 17.0. The standard InChI is InChI=1S/C27H18N4O/c32-16-17-1-3-18(4-2-17)26-14-25-13-23-8-7-21(29-23)11-19-5-6-20(28-19)12-22-9-10-24(30-22)15-27(26)31-25/h1-16,28,31H. The van der Waals surface area contributed by atoms with Gasteiger partial charge < -0.3 is 9.97 Å². The molecule has 0 aliphatic carbocycles. The smallest absolute Gasteiger partial charge is 0.150 e. The first-order valence-electron chi connectivity index (χ1n) is 10.4. The predicted octanol–water partition coefficient (Wildman–Crippen LogP) is 6.14. The second-order valence-corrected chi connectivity index (χ2v) is 7.83. The van der Waals surface area contributed by atoms with Crippen LogP contribution in [0.4, 0.5) is 0 Å². The van der Waals surface area contributed by atoms with Gasteiger partial charge in [0.05, 0.1) is 22.8 Å². The first-order valence-corrected chi connectivity index (χ1v) is 10.4. The largest absolute Gasteiger partial charge is 0.355 e. The first kappa shape index (κ1) is 18.3. The highest BCUT2D eigenvalue weighted by Gasteiger charge is 2.07. The van der Waals surface area contributed by atoms with Gasteiger partial charge in [0.25, 0.3) is 0 Å². The van der Waals surface area contributed by atoms with Gasteiger partial charge in [-0.1, -0.05) is 24.3 Å². The van der Waals surface area contributed by atoms with Crippen molar-refractivity contribution in [2.24, 2.45) is 0 Å². The van der Waals surface area contributed by atoms with Gasteiger partial charge in [0.15, 0.2) is 0 Å². The van der Waals surface area contributed by atoms with Crippen molar-refractivity contribution in [1.82, 2.24) is 19.9 Å². The van der Waals surface area contributed by atoms with Gasteiger partial charge in [-0.15, -0.1) is 0 Å². The van der Waals surface area contributed by atoms with Crippen molar-refractivity contribution >= 4 is 52.7 Å². The number of nitrogens with one attached hydrogen (secondary N) is 2. The third-order valence-electron chi connectivity index (χ3n) is 5.53. The van der Waals surface area contributed by atoms with Crippen LogP contribution < -0.4 is 0 Å². The van der Waals surface area contributed by atoms with Crippen molar-refractivity contribution in [3.63, 3.8) is 0 Å². The first-order chi connectivity index (χ1) is 15.7. The molecule has 0 fully saturated rings. The molecule has 5 heterocycles. The van der Waals surface area contributed by atoms with Gasteiger partial charge in [0.2, 0.25) is 0 Å². The number of aromatic nitrogens is 4. The van der Waals surface area contributed by atoms with Crippen molar-refractivity contribution in [3.8, 4) is 11.1 Å². The number of fused-ring (bicyclic) bond motifs is 8. The van der Waals surface area contributed by atoms with Crippen molar-refractivity contribution in [2.75, 3.05) is 0 Å². The fraction of sp³-hybridized carbons (Fsp3) is 0. The Morgan fingerprint density at radius 2 is 1.16 bits per heavy atom. The summed E-state index contributed by atoms with van der Waals surface area (Å²) in [4.78, 5) is 27.4. The molecule has 0 amide bonds. The van der Waals surface area contributed by atoms with E-state index in [2.05, 4.69) is 16.0 Å². The number of carbonyl (C=O) groups excluding carboxylic acids is 1. The lowest BCUT2D eigenvalue weighted by molar-refractivity contribution is 0.112. The lowest BCUT2D eigenvalue weighted by Crippen LogP contribution is -1.80. The molecular formula is C27H18N4O. The number of aldehydes is 1. The Kier molecular flexibility index (Phi) is 4.18.